The van der Waals surface area contributed by atoms with E-state index >= 15 is 0 Å². The fourth-order valence-electron chi connectivity index (χ4n) is 1.88. The van der Waals surface area contributed by atoms with E-state index in [1.165, 1.54) is 4.68 Å². The van der Waals surface area contributed by atoms with Crippen LogP contribution in [0, 0.1) is 0 Å². The minimum absolute atomic E-state index is 0.0934. The molecule has 6 nitrogen and oxygen atoms in total. The first-order valence-electron chi connectivity index (χ1n) is 5.75. The summed E-state index contributed by atoms with van der Waals surface area (Å²) >= 11 is 3.36. The molecule has 0 atom stereocenters. The molecule has 0 unspecified atom stereocenters. The SMILES string of the molecule is O=C(O)c1nnn(-c2ccc(Br)cc2)c1-n1cccc1. The Morgan fingerprint density at radius 2 is 1.80 bits per heavy atom. The largest absolute Gasteiger partial charge is 0.476 e. The number of aromatic carboxylic acids is 1. The van der Waals surface area contributed by atoms with E-state index < -0.39 is 5.97 Å². The first-order chi connectivity index (χ1) is 9.66. The Hall–Kier alpha value is -2.41. The average molecular weight is 333 g/mol. The van der Waals surface area contributed by atoms with Gasteiger partial charge in [0, 0.05) is 16.9 Å². The lowest BCUT2D eigenvalue weighted by Crippen LogP contribution is -2.08. The number of benzene rings is 1. The lowest BCUT2D eigenvalue weighted by Gasteiger charge is -2.07. The summed E-state index contributed by atoms with van der Waals surface area (Å²) in [6.07, 6.45) is 3.50. The van der Waals surface area contributed by atoms with Gasteiger partial charge >= 0.3 is 5.97 Å². The Morgan fingerprint density at radius 3 is 2.40 bits per heavy atom. The highest BCUT2D eigenvalue weighted by Gasteiger charge is 2.21. The van der Waals surface area contributed by atoms with Crippen molar-refractivity contribution in [2.45, 2.75) is 0 Å². The van der Waals surface area contributed by atoms with Crippen LogP contribution in [-0.2, 0) is 0 Å². The van der Waals surface area contributed by atoms with Gasteiger partial charge < -0.3 is 9.67 Å². The van der Waals surface area contributed by atoms with Crippen LogP contribution in [0.5, 0.6) is 0 Å². The van der Waals surface area contributed by atoms with Crippen LogP contribution in [0.4, 0.5) is 0 Å². The van der Waals surface area contributed by atoms with Crippen LogP contribution >= 0.6 is 15.9 Å². The van der Waals surface area contributed by atoms with Gasteiger partial charge in [-0.1, -0.05) is 21.1 Å². The quantitative estimate of drug-likeness (QED) is 0.799. The first kappa shape index (κ1) is 12.6. The number of aromatic nitrogens is 4. The van der Waals surface area contributed by atoms with Gasteiger partial charge in [-0.15, -0.1) is 5.10 Å². The highest BCUT2D eigenvalue weighted by molar-refractivity contribution is 9.10. The van der Waals surface area contributed by atoms with Gasteiger partial charge in [0.25, 0.3) is 0 Å². The Labute approximate surface area is 122 Å². The molecular weight excluding hydrogens is 324 g/mol. The van der Waals surface area contributed by atoms with Crippen molar-refractivity contribution in [3.8, 4) is 11.5 Å². The molecule has 0 aliphatic rings. The molecule has 100 valence electrons. The van der Waals surface area contributed by atoms with Crippen molar-refractivity contribution in [2.75, 3.05) is 0 Å². The Morgan fingerprint density at radius 1 is 1.15 bits per heavy atom. The minimum atomic E-state index is -1.11. The zero-order valence-electron chi connectivity index (χ0n) is 10.1. The summed E-state index contributed by atoms with van der Waals surface area (Å²) in [5.74, 6) is -0.720. The number of rotatable bonds is 3. The number of carboxylic acid groups (broad SMARTS) is 1. The molecular formula is C13H9BrN4O2. The number of carbonyl (C=O) groups is 1. The van der Waals surface area contributed by atoms with Crippen molar-refractivity contribution < 1.29 is 9.90 Å². The van der Waals surface area contributed by atoms with Gasteiger partial charge in [0.2, 0.25) is 5.69 Å². The fraction of sp³-hybridized carbons (Fsp3) is 0. The Bertz CT molecular complexity index is 747. The summed E-state index contributed by atoms with van der Waals surface area (Å²) in [6.45, 7) is 0. The van der Waals surface area contributed by atoms with E-state index in [4.69, 9.17) is 0 Å². The third kappa shape index (κ3) is 2.12. The number of hydrogen-bond acceptors (Lipinski definition) is 3. The second kappa shape index (κ2) is 4.93. The molecule has 1 aromatic carbocycles. The smallest absolute Gasteiger partial charge is 0.360 e. The lowest BCUT2D eigenvalue weighted by atomic mass is 10.3. The maximum absolute atomic E-state index is 11.3. The standard InChI is InChI=1S/C13H9BrN4O2/c14-9-3-5-10(6-4-9)18-12(17-7-1-2-8-17)11(13(19)20)15-16-18/h1-8H,(H,19,20). The summed E-state index contributed by atoms with van der Waals surface area (Å²) in [6, 6.07) is 11.0. The third-order valence-electron chi connectivity index (χ3n) is 2.77. The molecule has 0 saturated carbocycles. The minimum Gasteiger partial charge on any atom is -0.476 e. The maximum Gasteiger partial charge on any atom is 0.360 e. The van der Waals surface area contributed by atoms with Crippen molar-refractivity contribution in [3.05, 3.63) is 59.0 Å². The molecule has 2 aromatic heterocycles. The molecule has 0 aliphatic carbocycles. The fourth-order valence-corrected chi connectivity index (χ4v) is 2.14. The highest BCUT2D eigenvalue weighted by Crippen LogP contribution is 2.19. The van der Waals surface area contributed by atoms with Gasteiger partial charge in [0.15, 0.2) is 5.82 Å². The number of halogens is 1. The van der Waals surface area contributed by atoms with Gasteiger partial charge in [-0.25, -0.2) is 4.79 Å². The molecule has 0 aliphatic heterocycles. The van der Waals surface area contributed by atoms with Gasteiger partial charge in [-0.05, 0) is 36.4 Å². The van der Waals surface area contributed by atoms with Crippen molar-refractivity contribution in [2.24, 2.45) is 0 Å². The normalized spacial score (nSPS) is 10.7. The van der Waals surface area contributed by atoms with Crippen LogP contribution < -0.4 is 0 Å². The number of hydrogen-bond donors (Lipinski definition) is 1. The molecule has 0 spiro atoms. The van der Waals surface area contributed by atoms with E-state index in [0.717, 1.165) is 10.2 Å². The molecule has 2 heterocycles. The molecule has 3 aromatic rings. The molecule has 7 heteroatoms. The van der Waals surface area contributed by atoms with Crippen molar-refractivity contribution in [1.29, 1.82) is 0 Å². The molecule has 0 saturated heterocycles. The van der Waals surface area contributed by atoms with Crippen LogP contribution in [0.2, 0.25) is 0 Å². The number of carboxylic acids is 1. The van der Waals surface area contributed by atoms with Gasteiger partial charge in [-0.2, -0.15) is 4.68 Å². The molecule has 3 rings (SSSR count). The second-order valence-corrected chi connectivity index (χ2v) is 4.96. The van der Waals surface area contributed by atoms with Crippen LogP contribution in [0.3, 0.4) is 0 Å². The predicted octanol–water partition coefficient (Wildman–Crippen LogP) is 2.52. The van der Waals surface area contributed by atoms with Crippen LogP contribution in [0.15, 0.2) is 53.3 Å². The van der Waals surface area contributed by atoms with E-state index in [2.05, 4.69) is 26.2 Å². The van der Waals surface area contributed by atoms with Crippen molar-refractivity contribution in [1.82, 2.24) is 19.6 Å². The summed E-state index contributed by atoms with van der Waals surface area (Å²) in [7, 11) is 0. The summed E-state index contributed by atoms with van der Waals surface area (Å²) in [4.78, 5) is 11.3. The van der Waals surface area contributed by atoms with Crippen molar-refractivity contribution in [3.63, 3.8) is 0 Å². The molecule has 1 N–H and O–H groups in total. The summed E-state index contributed by atoms with van der Waals surface area (Å²) in [5, 5.41) is 16.9. The Balaban J connectivity index is 2.21. The van der Waals surface area contributed by atoms with Gasteiger partial charge in [0.05, 0.1) is 5.69 Å². The van der Waals surface area contributed by atoms with Gasteiger partial charge in [0.1, 0.15) is 0 Å². The van der Waals surface area contributed by atoms with E-state index in [0.29, 0.717) is 5.82 Å². The zero-order valence-corrected chi connectivity index (χ0v) is 11.7. The van der Waals surface area contributed by atoms with Crippen LogP contribution in [0.25, 0.3) is 11.5 Å². The lowest BCUT2D eigenvalue weighted by molar-refractivity contribution is 0.0690. The summed E-state index contributed by atoms with van der Waals surface area (Å²) < 4.78 is 4.10. The maximum atomic E-state index is 11.3. The molecule has 0 bridgehead atoms. The van der Waals surface area contributed by atoms with E-state index in [9.17, 15) is 9.90 Å². The first-order valence-corrected chi connectivity index (χ1v) is 6.54. The summed E-state index contributed by atoms with van der Waals surface area (Å²) in [5.41, 5.74) is 0.640. The average Bonchev–Trinajstić information content (AvgIpc) is 3.08. The van der Waals surface area contributed by atoms with E-state index in [1.807, 2.05) is 36.4 Å². The van der Waals surface area contributed by atoms with Crippen molar-refractivity contribution >= 4 is 21.9 Å². The molecule has 20 heavy (non-hydrogen) atoms. The Kier molecular flexibility index (Phi) is 3.11. The third-order valence-corrected chi connectivity index (χ3v) is 3.30. The second-order valence-electron chi connectivity index (χ2n) is 4.05. The molecule has 0 fully saturated rings. The number of nitrogens with zero attached hydrogens (tertiary/aromatic N) is 4. The van der Waals surface area contributed by atoms with Crippen LogP contribution in [-0.4, -0.2) is 30.6 Å². The highest BCUT2D eigenvalue weighted by atomic mass is 79.9. The monoisotopic (exact) mass is 332 g/mol. The van der Waals surface area contributed by atoms with Crippen LogP contribution in [0.1, 0.15) is 10.5 Å². The molecule has 0 radical (unpaired) electrons. The molecule has 0 amide bonds. The van der Waals surface area contributed by atoms with E-state index in [1.54, 1.807) is 17.0 Å². The zero-order chi connectivity index (χ0) is 14.1. The predicted molar refractivity (Wildman–Crippen MR) is 75.3 cm³/mol. The van der Waals surface area contributed by atoms with Gasteiger partial charge in [-0.3, -0.25) is 0 Å². The van der Waals surface area contributed by atoms with E-state index in [-0.39, 0.29) is 5.69 Å². The topological polar surface area (TPSA) is 72.9 Å².